The molecule has 0 spiro atoms. The first-order chi connectivity index (χ1) is 19.0. The maximum atomic E-state index is 14.3. The lowest BCUT2D eigenvalue weighted by Crippen LogP contribution is -2.23. The normalized spacial score (nSPS) is 14.7. The molecule has 1 N–H and O–H groups in total. The van der Waals surface area contributed by atoms with Crippen LogP contribution in [0.5, 0.6) is 5.88 Å². The van der Waals surface area contributed by atoms with Crippen LogP contribution in [0.15, 0.2) is 71.9 Å². The first-order valence-electron chi connectivity index (χ1n) is 12.5. The highest BCUT2D eigenvalue weighted by molar-refractivity contribution is 6.42. The van der Waals surface area contributed by atoms with Crippen molar-refractivity contribution < 1.29 is 13.9 Å². The van der Waals surface area contributed by atoms with Crippen LogP contribution in [0.1, 0.15) is 12.8 Å². The van der Waals surface area contributed by atoms with Crippen LogP contribution in [0, 0.1) is 5.82 Å². The van der Waals surface area contributed by atoms with E-state index in [0.717, 1.165) is 35.3 Å². The highest BCUT2D eigenvalue weighted by Crippen LogP contribution is 2.34. The Balaban J connectivity index is 1.64. The van der Waals surface area contributed by atoms with E-state index in [1.807, 2.05) is 34.9 Å². The Morgan fingerprint density at radius 1 is 1.03 bits per heavy atom. The van der Waals surface area contributed by atoms with Crippen LogP contribution in [0.25, 0.3) is 28.1 Å². The minimum atomic E-state index is -0.375. The van der Waals surface area contributed by atoms with Crippen molar-refractivity contribution in [3.8, 4) is 23.0 Å². The molecule has 6 rings (SSSR count). The summed E-state index contributed by atoms with van der Waals surface area (Å²) in [7, 11) is 1.57. The number of methoxy groups -OCH3 is 1. The third-order valence-corrected chi connectivity index (χ3v) is 7.40. The summed E-state index contributed by atoms with van der Waals surface area (Å²) in [6, 6.07) is 17.7. The van der Waals surface area contributed by atoms with Gasteiger partial charge in [-0.15, -0.1) is 0 Å². The number of hydrogen-bond acceptors (Lipinski definition) is 6. The lowest BCUT2D eigenvalue weighted by atomic mass is 10.1. The van der Waals surface area contributed by atoms with Crippen molar-refractivity contribution in [3.63, 3.8) is 0 Å². The maximum absolute atomic E-state index is 14.3. The summed E-state index contributed by atoms with van der Waals surface area (Å²) in [6.45, 7) is 1.34. The van der Waals surface area contributed by atoms with E-state index in [-0.39, 0.29) is 11.9 Å². The molecule has 0 unspecified atom stereocenters. The van der Waals surface area contributed by atoms with Gasteiger partial charge in [-0.05, 0) is 67.4 Å². The number of pyridine rings is 1. The Morgan fingerprint density at radius 2 is 1.87 bits per heavy atom. The summed E-state index contributed by atoms with van der Waals surface area (Å²) < 4.78 is 27.3. The van der Waals surface area contributed by atoms with Crippen LogP contribution >= 0.6 is 23.2 Å². The Labute approximate surface area is 234 Å². The fourth-order valence-corrected chi connectivity index (χ4v) is 5.08. The Bertz CT molecular complexity index is 1720. The van der Waals surface area contributed by atoms with Gasteiger partial charge in [-0.25, -0.2) is 14.4 Å². The molecule has 0 bridgehead atoms. The molecule has 1 fully saturated rings. The van der Waals surface area contributed by atoms with Crippen molar-refractivity contribution in [3.05, 3.63) is 88.1 Å². The smallest absolute Gasteiger partial charge is 0.237 e. The molecule has 198 valence electrons. The molecule has 0 saturated carbocycles. The van der Waals surface area contributed by atoms with E-state index in [4.69, 9.17) is 42.7 Å². The van der Waals surface area contributed by atoms with Crippen molar-refractivity contribution in [2.75, 3.05) is 25.6 Å². The number of nitrogens with one attached hydrogen (secondary N) is 1. The number of benzene rings is 3. The number of halogens is 3. The Hall–Kier alpha value is -3.72. The fourth-order valence-electron chi connectivity index (χ4n) is 4.78. The lowest BCUT2D eigenvalue weighted by Gasteiger charge is -2.22. The van der Waals surface area contributed by atoms with Gasteiger partial charge in [-0.1, -0.05) is 23.2 Å². The molecule has 2 aromatic carbocycles. The van der Waals surface area contributed by atoms with Gasteiger partial charge in [0.05, 0.1) is 56.7 Å². The molecule has 3 aliphatic rings. The van der Waals surface area contributed by atoms with Gasteiger partial charge in [0.1, 0.15) is 11.5 Å². The molecular formula is C29H24Cl2FN5O2. The van der Waals surface area contributed by atoms with Crippen LogP contribution in [-0.2, 0) is 4.74 Å². The van der Waals surface area contributed by atoms with E-state index < -0.39 is 0 Å². The SMILES string of the molecule is COc1ncccc1Nc1cc2nc3cc(F)ccc3n(-c3ccc(Cl)c(Cl)c3)c-2cc1=NC1CCOCC1. The molecule has 1 saturated heterocycles. The largest absolute Gasteiger partial charge is 0.480 e. The predicted molar refractivity (Wildman–Crippen MR) is 151 cm³/mol. The predicted octanol–water partition coefficient (Wildman–Crippen LogP) is 6.80. The van der Waals surface area contributed by atoms with E-state index in [0.29, 0.717) is 51.6 Å². The Kier molecular flexibility index (Phi) is 7.08. The quantitative estimate of drug-likeness (QED) is 0.238. The second kappa shape index (κ2) is 10.8. The molecule has 3 heterocycles. The van der Waals surface area contributed by atoms with E-state index in [1.165, 1.54) is 12.1 Å². The summed E-state index contributed by atoms with van der Waals surface area (Å²) in [5.41, 5.74) is 4.80. The number of nitrogens with zero attached hydrogens (tertiary/aromatic N) is 4. The second-order valence-corrected chi connectivity index (χ2v) is 10.0. The second-order valence-electron chi connectivity index (χ2n) is 9.19. The van der Waals surface area contributed by atoms with Crippen LogP contribution in [0.2, 0.25) is 10.0 Å². The van der Waals surface area contributed by atoms with E-state index in [1.54, 1.807) is 31.5 Å². The topological polar surface area (TPSA) is 73.6 Å². The van der Waals surface area contributed by atoms with Gasteiger partial charge in [0.2, 0.25) is 5.88 Å². The zero-order valence-electron chi connectivity index (χ0n) is 21.0. The highest BCUT2D eigenvalue weighted by atomic mass is 35.5. The molecular weight excluding hydrogens is 540 g/mol. The van der Waals surface area contributed by atoms with Crippen LogP contribution in [-0.4, -0.2) is 40.9 Å². The number of aromatic nitrogens is 3. The average molecular weight is 564 g/mol. The zero-order valence-corrected chi connectivity index (χ0v) is 22.5. The average Bonchev–Trinajstić information content (AvgIpc) is 2.94. The molecule has 2 aliphatic heterocycles. The first kappa shape index (κ1) is 25.6. The molecule has 0 amide bonds. The van der Waals surface area contributed by atoms with Crippen molar-refractivity contribution in [2.45, 2.75) is 18.9 Å². The first-order valence-corrected chi connectivity index (χ1v) is 13.2. The minimum absolute atomic E-state index is 0.105. The minimum Gasteiger partial charge on any atom is -0.480 e. The number of anilines is 2. The molecule has 7 nitrogen and oxygen atoms in total. The molecule has 3 aromatic rings. The molecule has 1 aliphatic carbocycles. The summed E-state index contributed by atoms with van der Waals surface area (Å²) >= 11 is 12.6. The van der Waals surface area contributed by atoms with Crippen molar-refractivity contribution in [1.29, 1.82) is 0 Å². The summed E-state index contributed by atoms with van der Waals surface area (Å²) in [6.07, 6.45) is 3.32. The van der Waals surface area contributed by atoms with E-state index in [2.05, 4.69) is 10.3 Å². The number of fused-ring (bicyclic) bond motifs is 2. The van der Waals surface area contributed by atoms with Gasteiger partial charge in [-0.2, -0.15) is 0 Å². The molecule has 39 heavy (non-hydrogen) atoms. The monoisotopic (exact) mass is 563 g/mol. The molecule has 10 heteroatoms. The third-order valence-electron chi connectivity index (χ3n) is 6.66. The van der Waals surface area contributed by atoms with E-state index >= 15 is 0 Å². The van der Waals surface area contributed by atoms with Crippen molar-refractivity contribution in [2.24, 2.45) is 4.99 Å². The standard InChI is InChI=1S/C29H24Cl2FN5O2/c1-38-29-22(3-2-10-33-29)35-23-15-26-28(16-24(23)34-18-8-11-39-12-9-18)37(19-5-6-20(30)21(31)14-19)27-7-4-17(32)13-25(27)36-26/h2-7,10,13-16,18,35H,8-9,11-12H2,1H3. The lowest BCUT2D eigenvalue weighted by molar-refractivity contribution is 0.0864. The number of hydrogen-bond donors (Lipinski definition) is 1. The zero-order chi connectivity index (χ0) is 26.9. The number of ether oxygens (including phenoxy) is 2. The summed E-state index contributed by atoms with van der Waals surface area (Å²) in [4.78, 5) is 14.3. The number of rotatable bonds is 5. The van der Waals surface area contributed by atoms with Crippen LogP contribution < -0.4 is 15.4 Å². The molecule has 1 aromatic heterocycles. The van der Waals surface area contributed by atoms with Gasteiger partial charge < -0.3 is 19.4 Å². The van der Waals surface area contributed by atoms with E-state index in [9.17, 15) is 4.39 Å². The summed E-state index contributed by atoms with van der Waals surface area (Å²) in [5.74, 6) is 0.0775. The van der Waals surface area contributed by atoms with Gasteiger partial charge in [0, 0.05) is 31.2 Å². The molecule has 0 radical (unpaired) electrons. The Morgan fingerprint density at radius 3 is 2.67 bits per heavy atom. The third kappa shape index (κ3) is 5.15. The van der Waals surface area contributed by atoms with Gasteiger partial charge in [0.15, 0.2) is 0 Å². The van der Waals surface area contributed by atoms with Crippen LogP contribution in [0.3, 0.4) is 0 Å². The van der Waals surface area contributed by atoms with Crippen molar-refractivity contribution in [1.82, 2.24) is 14.5 Å². The fraction of sp³-hybridized carbons (Fsp3) is 0.207. The summed E-state index contributed by atoms with van der Waals surface area (Å²) in [5, 5.41) is 5.04. The maximum Gasteiger partial charge on any atom is 0.237 e. The van der Waals surface area contributed by atoms with Crippen LogP contribution in [0.4, 0.5) is 15.8 Å². The highest BCUT2D eigenvalue weighted by Gasteiger charge is 2.20. The van der Waals surface area contributed by atoms with Gasteiger partial charge >= 0.3 is 0 Å². The van der Waals surface area contributed by atoms with Gasteiger partial charge in [-0.3, -0.25) is 4.99 Å². The van der Waals surface area contributed by atoms with Gasteiger partial charge in [0.25, 0.3) is 0 Å². The molecule has 0 atom stereocenters. The van der Waals surface area contributed by atoms with Crippen molar-refractivity contribution >= 4 is 45.6 Å².